The number of nitrogens with one attached hydrogen (secondary N) is 1. The van der Waals surface area contributed by atoms with Crippen molar-refractivity contribution in [2.45, 2.75) is 32.2 Å². The Hall–Kier alpha value is -0.610. The molecule has 4 heteroatoms. The summed E-state index contributed by atoms with van der Waals surface area (Å²) in [4.78, 5) is 2.35. The second-order valence-corrected chi connectivity index (χ2v) is 5.69. The summed E-state index contributed by atoms with van der Waals surface area (Å²) >= 11 is 3.26. The van der Waals surface area contributed by atoms with E-state index in [1.807, 2.05) is 12.1 Å². The monoisotopic (exact) mass is 314 g/mol. The SMILES string of the molecule is CCCC1CN(c2ccc(F)c(Br)c2)CCCN1. The van der Waals surface area contributed by atoms with E-state index in [1.165, 1.54) is 18.9 Å². The quantitative estimate of drug-likeness (QED) is 0.917. The van der Waals surface area contributed by atoms with Gasteiger partial charge >= 0.3 is 0 Å². The van der Waals surface area contributed by atoms with Gasteiger partial charge < -0.3 is 10.2 Å². The minimum absolute atomic E-state index is 0.197. The van der Waals surface area contributed by atoms with Crippen molar-refractivity contribution in [3.05, 3.63) is 28.5 Å². The van der Waals surface area contributed by atoms with Crippen LogP contribution >= 0.6 is 15.9 Å². The van der Waals surface area contributed by atoms with E-state index < -0.39 is 0 Å². The van der Waals surface area contributed by atoms with Crippen LogP contribution in [0.15, 0.2) is 22.7 Å². The van der Waals surface area contributed by atoms with Gasteiger partial charge in [0.05, 0.1) is 4.47 Å². The molecule has 0 saturated carbocycles. The molecule has 0 amide bonds. The molecule has 1 N–H and O–H groups in total. The summed E-state index contributed by atoms with van der Waals surface area (Å²) < 4.78 is 13.8. The standard InChI is InChI=1S/C14H20BrFN2/c1-2-4-11-10-18(8-3-7-17-11)12-5-6-14(16)13(15)9-12/h5-6,9,11,17H,2-4,7-8,10H2,1H3. The van der Waals surface area contributed by atoms with Crippen LogP contribution in [0.5, 0.6) is 0 Å². The average molecular weight is 315 g/mol. The van der Waals surface area contributed by atoms with Crippen LogP contribution in [0.25, 0.3) is 0 Å². The van der Waals surface area contributed by atoms with Crippen molar-refractivity contribution in [1.82, 2.24) is 5.32 Å². The van der Waals surface area contributed by atoms with Crippen LogP contribution in [-0.2, 0) is 0 Å². The molecule has 0 aliphatic carbocycles. The van der Waals surface area contributed by atoms with Crippen LogP contribution in [0, 0.1) is 5.82 Å². The van der Waals surface area contributed by atoms with E-state index in [9.17, 15) is 4.39 Å². The van der Waals surface area contributed by atoms with Gasteiger partial charge in [-0.2, -0.15) is 0 Å². The van der Waals surface area contributed by atoms with Gasteiger partial charge in [0.2, 0.25) is 0 Å². The molecule has 0 aromatic heterocycles. The normalized spacial score (nSPS) is 20.8. The molecule has 18 heavy (non-hydrogen) atoms. The maximum Gasteiger partial charge on any atom is 0.137 e. The zero-order valence-corrected chi connectivity index (χ0v) is 12.3. The van der Waals surface area contributed by atoms with Crippen molar-refractivity contribution in [1.29, 1.82) is 0 Å². The molecule has 1 fully saturated rings. The van der Waals surface area contributed by atoms with E-state index in [4.69, 9.17) is 0 Å². The zero-order valence-electron chi connectivity index (χ0n) is 10.8. The van der Waals surface area contributed by atoms with Gasteiger partial charge in [-0.3, -0.25) is 0 Å². The highest BCUT2D eigenvalue weighted by Crippen LogP contribution is 2.24. The summed E-state index contributed by atoms with van der Waals surface area (Å²) in [5.41, 5.74) is 1.10. The fourth-order valence-corrected chi connectivity index (χ4v) is 2.82. The maximum absolute atomic E-state index is 13.3. The summed E-state index contributed by atoms with van der Waals surface area (Å²) in [5, 5.41) is 3.58. The Morgan fingerprint density at radius 2 is 2.33 bits per heavy atom. The van der Waals surface area contributed by atoms with Gasteiger partial charge in [0.15, 0.2) is 0 Å². The molecule has 1 saturated heterocycles. The lowest BCUT2D eigenvalue weighted by atomic mass is 10.1. The number of hydrogen-bond donors (Lipinski definition) is 1. The molecule has 1 aliphatic rings. The van der Waals surface area contributed by atoms with Crippen LogP contribution in [0.4, 0.5) is 10.1 Å². The first-order valence-electron chi connectivity index (χ1n) is 6.64. The highest BCUT2D eigenvalue weighted by Gasteiger charge is 2.17. The molecule has 1 aromatic carbocycles. The first-order chi connectivity index (χ1) is 8.70. The molecule has 0 radical (unpaired) electrons. The molecule has 1 unspecified atom stereocenters. The summed E-state index contributed by atoms with van der Waals surface area (Å²) in [6.45, 7) is 5.33. The van der Waals surface area contributed by atoms with Crippen LogP contribution in [0.3, 0.4) is 0 Å². The van der Waals surface area contributed by atoms with Crippen molar-refractivity contribution in [3.8, 4) is 0 Å². The third-order valence-corrected chi connectivity index (χ3v) is 3.99. The van der Waals surface area contributed by atoms with Gasteiger partial charge in [-0.05, 0) is 53.5 Å². The lowest BCUT2D eigenvalue weighted by molar-refractivity contribution is 0.502. The van der Waals surface area contributed by atoms with Gasteiger partial charge in [-0.25, -0.2) is 4.39 Å². The van der Waals surface area contributed by atoms with Crippen molar-refractivity contribution in [2.24, 2.45) is 0 Å². The molecule has 1 atom stereocenters. The largest absolute Gasteiger partial charge is 0.370 e. The molecule has 1 aromatic rings. The van der Waals surface area contributed by atoms with Gasteiger partial charge in [-0.15, -0.1) is 0 Å². The lowest BCUT2D eigenvalue weighted by Crippen LogP contribution is -2.37. The summed E-state index contributed by atoms with van der Waals surface area (Å²) in [6.07, 6.45) is 3.52. The molecule has 2 nitrogen and oxygen atoms in total. The third kappa shape index (κ3) is 3.45. The second kappa shape index (κ2) is 6.53. The fraction of sp³-hybridized carbons (Fsp3) is 0.571. The Morgan fingerprint density at radius 1 is 1.50 bits per heavy atom. The first kappa shape index (κ1) is 13.8. The van der Waals surface area contributed by atoms with Gasteiger partial charge in [0, 0.05) is 24.8 Å². The number of benzene rings is 1. The smallest absolute Gasteiger partial charge is 0.137 e. The second-order valence-electron chi connectivity index (χ2n) is 4.84. The number of nitrogens with zero attached hydrogens (tertiary/aromatic N) is 1. The minimum Gasteiger partial charge on any atom is -0.370 e. The van der Waals surface area contributed by atoms with Crippen molar-refractivity contribution >= 4 is 21.6 Å². The summed E-state index contributed by atoms with van der Waals surface area (Å²) in [5.74, 6) is -0.197. The van der Waals surface area contributed by atoms with E-state index in [2.05, 4.69) is 33.1 Å². The van der Waals surface area contributed by atoms with E-state index in [0.717, 1.165) is 31.7 Å². The maximum atomic E-state index is 13.3. The number of hydrogen-bond acceptors (Lipinski definition) is 2. The predicted octanol–water partition coefficient (Wildman–Crippen LogP) is 3.56. The predicted molar refractivity (Wildman–Crippen MR) is 77.6 cm³/mol. The highest BCUT2D eigenvalue weighted by atomic mass is 79.9. The Bertz CT molecular complexity index is 397. The number of halogens is 2. The Morgan fingerprint density at radius 3 is 3.06 bits per heavy atom. The minimum atomic E-state index is -0.197. The molecule has 0 spiro atoms. The van der Waals surface area contributed by atoms with Gasteiger partial charge in [-0.1, -0.05) is 13.3 Å². The topological polar surface area (TPSA) is 15.3 Å². The highest BCUT2D eigenvalue weighted by molar-refractivity contribution is 9.10. The first-order valence-corrected chi connectivity index (χ1v) is 7.43. The number of rotatable bonds is 3. The Balaban J connectivity index is 2.12. The van der Waals surface area contributed by atoms with Crippen molar-refractivity contribution in [3.63, 3.8) is 0 Å². The zero-order chi connectivity index (χ0) is 13.0. The molecular weight excluding hydrogens is 295 g/mol. The van der Waals surface area contributed by atoms with Crippen LogP contribution in [0.1, 0.15) is 26.2 Å². The molecular formula is C14H20BrFN2. The van der Waals surface area contributed by atoms with Crippen LogP contribution < -0.4 is 10.2 Å². The van der Waals surface area contributed by atoms with Crippen LogP contribution in [0.2, 0.25) is 0 Å². The summed E-state index contributed by atoms with van der Waals surface area (Å²) in [6, 6.07) is 5.83. The number of anilines is 1. The van der Waals surface area contributed by atoms with E-state index >= 15 is 0 Å². The molecule has 0 bridgehead atoms. The Labute approximate surface area is 117 Å². The van der Waals surface area contributed by atoms with Gasteiger partial charge in [0.1, 0.15) is 5.82 Å². The van der Waals surface area contributed by atoms with Crippen LogP contribution in [-0.4, -0.2) is 25.7 Å². The fourth-order valence-electron chi connectivity index (χ4n) is 2.46. The van der Waals surface area contributed by atoms with E-state index in [-0.39, 0.29) is 5.82 Å². The summed E-state index contributed by atoms with van der Waals surface area (Å²) in [7, 11) is 0. The van der Waals surface area contributed by atoms with Gasteiger partial charge in [0.25, 0.3) is 0 Å². The van der Waals surface area contributed by atoms with E-state index in [0.29, 0.717) is 10.5 Å². The van der Waals surface area contributed by atoms with E-state index in [1.54, 1.807) is 0 Å². The third-order valence-electron chi connectivity index (χ3n) is 3.38. The lowest BCUT2D eigenvalue weighted by Gasteiger charge is -2.26. The molecule has 100 valence electrons. The molecule has 1 heterocycles. The molecule has 1 aliphatic heterocycles. The van der Waals surface area contributed by atoms with Crippen molar-refractivity contribution < 1.29 is 4.39 Å². The Kier molecular flexibility index (Phi) is 5.01. The van der Waals surface area contributed by atoms with Crippen molar-refractivity contribution in [2.75, 3.05) is 24.5 Å². The molecule has 2 rings (SSSR count). The average Bonchev–Trinajstić information content (AvgIpc) is 2.59.